The predicted octanol–water partition coefficient (Wildman–Crippen LogP) is 2.84. The lowest BCUT2D eigenvalue weighted by atomic mass is 10.1. The Kier molecular flexibility index (Phi) is 3.78. The van der Waals surface area contributed by atoms with Gasteiger partial charge in [0.1, 0.15) is 13.2 Å². The smallest absolute Gasteiger partial charge is 0.271 e. The minimum Gasteiger partial charge on any atom is -0.486 e. The Morgan fingerprint density at radius 1 is 1.04 bits per heavy atom. The van der Waals surface area contributed by atoms with E-state index in [2.05, 4.69) is 22.4 Å². The van der Waals surface area contributed by atoms with Crippen LogP contribution in [0.2, 0.25) is 0 Å². The number of carbonyl (C=O) groups excluding carboxylic acids is 1. The molecule has 0 saturated carbocycles. The second-order valence-corrected chi connectivity index (χ2v) is 5.66. The summed E-state index contributed by atoms with van der Waals surface area (Å²) in [5.74, 6) is 1.15. The molecule has 126 valence electrons. The molecular formula is C19H17N3O3. The van der Waals surface area contributed by atoms with Gasteiger partial charge >= 0.3 is 0 Å². The van der Waals surface area contributed by atoms with Crippen LogP contribution < -0.4 is 20.3 Å². The molecule has 6 heteroatoms. The van der Waals surface area contributed by atoms with Crippen molar-refractivity contribution in [2.45, 2.75) is 0 Å². The van der Waals surface area contributed by atoms with Crippen LogP contribution in [0.3, 0.4) is 0 Å². The number of benzene rings is 2. The summed E-state index contributed by atoms with van der Waals surface area (Å²) in [6.45, 7) is 5.03. The summed E-state index contributed by atoms with van der Waals surface area (Å²) < 4.78 is 11.1. The standard InChI is InChI=1S/C19H17N3O3/c1-12(13-6-7-17-18(10-13)25-9-8-24-17)21-22-19(23)15-11-20-16-5-3-2-4-14(15)16/h2-7,10-11,20-21H,1,8-9H2,(H,22,23). The topological polar surface area (TPSA) is 75.4 Å². The third kappa shape index (κ3) is 2.89. The molecule has 3 aromatic rings. The molecule has 3 N–H and O–H groups in total. The molecule has 0 radical (unpaired) electrons. The van der Waals surface area contributed by atoms with E-state index in [1.165, 1.54) is 0 Å². The van der Waals surface area contributed by atoms with E-state index in [0.717, 1.165) is 16.5 Å². The summed E-state index contributed by atoms with van der Waals surface area (Å²) in [5, 5.41) is 0.867. The molecule has 25 heavy (non-hydrogen) atoms. The lowest BCUT2D eigenvalue weighted by molar-refractivity contribution is 0.0944. The van der Waals surface area contributed by atoms with E-state index in [1.807, 2.05) is 42.5 Å². The van der Waals surface area contributed by atoms with Crippen molar-refractivity contribution < 1.29 is 14.3 Å². The molecule has 0 spiro atoms. The normalized spacial score (nSPS) is 12.6. The molecule has 0 saturated heterocycles. The Labute approximate surface area is 144 Å². The van der Waals surface area contributed by atoms with E-state index in [0.29, 0.717) is 36.0 Å². The van der Waals surface area contributed by atoms with Crippen LogP contribution in [0, 0.1) is 0 Å². The molecule has 1 aliphatic heterocycles. The SMILES string of the molecule is C=C(NNC(=O)c1c[nH]c2ccccc12)c1ccc2c(c1)OCCO2. The van der Waals surface area contributed by atoms with Gasteiger partial charge in [-0.25, -0.2) is 0 Å². The van der Waals surface area contributed by atoms with Crippen molar-refractivity contribution in [2.24, 2.45) is 0 Å². The summed E-state index contributed by atoms with van der Waals surface area (Å²) >= 11 is 0. The van der Waals surface area contributed by atoms with Crippen molar-refractivity contribution >= 4 is 22.5 Å². The van der Waals surface area contributed by atoms with Crippen LogP contribution in [0.5, 0.6) is 11.5 Å². The molecule has 1 aromatic heterocycles. The molecule has 6 nitrogen and oxygen atoms in total. The highest BCUT2D eigenvalue weighted by Gasteiger charge is 2.14. The Morgan fingerprint density at radius 2 is 1.84 bits per heavy atom. The number of aromatic amines is 1. The molecule has 0 bridgehead atoms. The first-order chi connectivity index (χ1) is 12.2. The number of hydrazine groups is 1. The summed E-state index contributed by atoms with van der Waals surface area (Å²) in [6, 6.07) is 13.2. The van der Waals surface area contributed by atoms with Gasteiger partial charge in [0.25, 0.3) is 5.91 Å². The molecule has 0 atom stereocenters. The maximum atomic E-state index is 12.4. The van der Waals surface area contributed by atoms with Gasteiger partial charge in [0.05, 0.1) is 11.3 Å². The van der Waals surface area contributed by atoms with Crippen LogP contribution in [-0.2, 0) is 0 Å². The van der Waals surface area contributed by atoms with Crippen molar-refractivity contribution in [2.75, 3.05) is 13.2 Å². The molecule has 1 amide bonds. The molecule has 0 aliphatic carbocycles. The summed E-state index contributed by atoms with van der Waals surface area (Å²) in [6.07, 6.45) is 1.69. The predicted molar refractivity (Wildman–Crippen MR) is 95.4 cm³/mol. The molecule has 2 heterocycles. The molecule has 4 rings (SSSR count). The highest BCUT2D eigenvalue weighted by molar-refractivity contribution is 6.06. The van der Waals surface area contributed by atoms with Gasteiger partial charge in [-0.3, -0.25) is 15.6 Å². The fourth-order valence-electron chi connectivity index (χ4n) is 2.76. The van der Waals surface area contributed by atoms with Crippen molar-refractivity contribution in [3.63, 3.8) is 0 Å². The van der Waals surface area contributed by atoms with Crippen molar-refractivity contribution in [3.8, 4) is 11.5 Å². The average Bonchev–Trinajstić information content (AvgIpc) is 3.09. The maximum absolute atomic E-state index is 12.4. The van der Waals surface area contributed by atoms with Crippen molar-refractivity contribution in [3.05, 3.63) is 66.4 Å². The lowest BCUT2D eigenvalue weighted by Crippen LogP contribution is -2.35. The molecular weight excluding hydrogens is 318 g/mol. The second-order valence-electron chi connectivity index (χ2n) is 5.66. The van der Waals surface area contributed by atoms with Gasteiger partial charge in [0.15, 0.2) is 11.5 Å². The number of amides is 1. The molecule has 2 aromatic carbocycles. The average molecular weight is 335 g/mol. The Bertz CT molecular complexity index is 961. The third-order valence-corrected chi connectivity index (χ3v) is 4.05. The number of ether oxygens (including phenoxy) is 2. The third-order valence-electron chi connectivity index (χ3n) is 4.05. The second kappa shape index (κ2) is 6.24. The van der Waals surface area contributed by atoms with E-state index in [9.17, 15) is 4.79 Å². The summed E-state index contributed by atoms with van der Waals surface area (Å²) in [4.78, 5) is 15.5. The first-order valence-corrected chi connectivity index (χ1v) is 7.94. The van der Waals surface area contributed by atoms with E-state index in [-0.39, 0.29) is 5.91 Å². The zero-order chi connectivity index (χ0) is 17.2. The fourth-order valence-corrected chi connectivity index (χ4v) is 2.76. The van der Waals surface area contributed by atoms with Crippen LogP contribution in [0.4, 0.5) is 0 Å². The first-order valence-electron chi connectivity index (χ1n) is 7.94. The van der Waals surface area contributed by atoms with Gasteiger partial charge in [-0.05, 0) is 24.3 Å². The Balaban J connectivity index is 1.45. The van der Waals surface area contributed by atoms with E-state index < -0.39 is 0 Å². The summed E-state index contributed by atoms with van der Waals surface area (Å²) in [5.41, 5.74) is 8.38. The number of fused-ring (bicyclic) bond motifs is 2. The van der Waals surface area contributed by atoms with Crippen LogP contribution in [-0.4, -0.2) is 24.1 Å². The van der Waals surface area contributed by atoms with E-state index >= 15 is 0 Å². The highest BCUT2D eigenvalue weighted by Crippen LogP contribution is 2.32. The lowest BCUT2D eigenvalue weighted by Gasteiger charge is -2.19. The van der Waals surface area contributed by atoms with Crippen LogP contribution in [0.15, 0.2) is 55.2 Å². The number of para-hydroxylation sites is 1. The Morgan fingerprint density at radius 3 is 2.72 bits per heavy atom. The number of hydrogen-bond donors (Lipinski definition) is 3. The number of H-pyrrole nitrogens is 1. The minimum atomic E-state index is -0.240. The van der Waals surface area contributed by atoms with Crippen LogP contribution >= 0.6 is 0 Å². The fraction of sp³-hybridized carbons (Fsp3) is 0.105. The number of rotatable bonds is 4. The number of nitrogens with one attached hydrogen (secondary N) is 3. The van der Waals surface area contributed by atoms with Gasteiger partial charge in [0, 0.05) is 22.7 Å². The quantitative estimate of drug-likeness (QED) is 0.641. The van der Waals surface area contributed by atoms with Crippen molar-refractivity contribution in [1.82, 2.24) is 15.8 Å². The number of hydrogen-bond acceptors (Lipinski definition) is 4. The zero-order valence-corrected chi connectivity index (χ0v) is 13.5. The van der Waals surface area contributed by atoms with Gasteiger partial charge < -0.3 is 14.5 Å². The Hall–Kier alpha value is -3.41. The highest BCUT2D eigenvalue weighted by atomic mass is 16.6. The van der Waals surface area contributed by atoms with Gasteiger partial charge in [-0.1, -0.05) is 24.8 Å². The minimum absolute atomic E-state index is 0.240. The molecule has 0 fully saturated rings. The monoisotopic (exact) mass is 335 g/mol. The van der Waals surface area contributed by atoms with Gasteiger partial charge in [0.2, 0.25) is 0 Å². The van der Waals surface area contributed by atoms with Crippen LogP contribution in [0.1, 0.15) is 15.9 Å². The van der Waals surface area contributed by atoms with Crippen LogP contribution in [0.25, 0.3) is 16.6 Å². The molecule has 0 unspecified atom stereocenters. The summed E-state index contributed by atoms with van der Waals surface area (Å²) in [7, 11) is 0. The number of aromatic nitrogens is 1. The van der Waals surface area contributed by atoms with Gasteiger partial charge in [-0.2, -0.15) is 0 Å². The largest absolute Gasteiger partial charge is 0.486 e. The molecule has 1 aliphatic rings. The first kappa shape index (κ1) is 15.1. The maximum Gasteiger partial charge on any atom is 0.271 e. The van der Waals surface area contributed by atoms with Gasteiger partial charge in [-0.15, -0.1) is 0 Å². The van der Waals surface area contributed by atoms with E-state index in [4.69, 9.17) is 9.47 Å². The zero-order valence-electron chi connectivity index (χ0n) is 13.5. The van der Waals surface area contributed by atoms with Crippen molar-refractivity contribution in [1.29, 1.82) is 0 Å². The number of carbonyl (C=O) groups is 1. The van der Waals surface area contributed by atoms with E-state index in [1.54, 1.807) is 6.20 Å².